The van der Waals surface area contributed by atoms with Crippen LogP contribution in [0, 0.1) is 5.41 Å². The van der Waals surface area contributed by atoms with Crippen molar-refractivity contribution in [2.24, 2.45) is 0 Å². The Balaban J connectivity index is 3.09. The van der Waals surface area contributed by atoms with Gasteiger partial charge in [0.2, 0.25) is 0 Å². The summed E-state index contributed by atoms with van der Waals surface area (Å²) in [5.74, 6) is 0.678. The van der Waals surface area contributed by atoms with E-state index in [2.05, 4.69) is 0 Å². The van der Waals surface area contributed by atoms with Gasteiger partial charge in [-0.3, -0.25) is 5.41 Å². The van der Waals surface area contributed by atoms with E-state index in [1.165, 1.54) is 4.57 Å². The molecule has 0 saturated carbocycles. The molecule has 0 radical (unpaired) electrons. The molecule has 2 N–H and O–H groups in total. The number of rotatable bonds is 2. The molecule has 1 rings (SSSR count). The van der Waals surface area contributed by atoms with Crippen LogP contribution in [0.3, 0.4) is 0 Å². The van der Waals surface area contributed by atoms with Crippen LogP contribution in [-0.2, 0) is 4.79 Å². The molecule has 0 bridgehead atoms. The molecule has 0 aromatic carbocycles. The second-order valence-corrected chi connectivity index (χ2v) is 1.87. The maximum absolute atomic E-state index is 10.4. The summed E-state index contributed by atoms with van der Waals surface area (Å²) in [7, 11) is 0. The Morgan fingerprint density at radius 3 is 2.36 bits per heavy atom. The Bertz CT molecular complexity index is 307. The highest BCUT2D eigenvalue weighted by Crippen LogP contribution is 1.99. The smallest absolute Gasteiger partial charge is 0.362 e. The van der Waals surface area contributed by atoms with E-state index in [-0.39, 0.29) is 5.70 Å². The molecule has 0 atom stereocenters. The number of hydrogen-bond donors (Lipinski definition) is 2. The molecule has 1 heterocycles. The maximum Gasteiger partial charge on any atom is 0.362 e. The highest BCUT2D eigenvalue weighted by Gasteiger charge is 2.06. The lowest BCUT2D eigenvalue weighted by Gasteiger charge is -1.96. The molecule has 1 aromatic heterocycles. The zero-order valence-electron chi connectivity index (χ0n) is 5.61. The number of nitrogens with one attached hydrogen (secondary N) is 1. The van der Waals surface area contributed by atoms with E-state index in [1.807, 2.05) is 5.87 Å². The van der Waals surface area contributed by atoms with Gasteiger partial charge in [-0.25, -0.2) is 4.79 Å². The van der Waals surface area contributed by atoms with Crippen molar-refractivity contribution in [1.82, 2.24) is 4.57 Å². The van der Waals surface area contributed by atoms with Crippen molar-refractivity contribution < 1.29 is 9.90 Å². The van der Waals surface area contributed by atoms with Crippen molar-refractivity contribution in [3.8, 4) is 0 Å². The van der Waals surface area contributed by atoms with Crippen LogP contribution in [0.5, 0.6) is 0 Å². The average molecular weight is 150 g/mol. The van der Waals surface area contributed by atoms with Gasteiger partial charge in [0, 0.05) is 18.3 Å². The first-order valence-corrected chi connectivity index (χ1v) is 2.92. The minimum absolute atomic E-state index is 0.185. The third kappa shape index (κ3) is 1.36. The summed E-state index contributed by atoms with van der Waals surface area (Å²) in [4.78, 5) is 10.4. The molecule has 56 valence electrons. The predicted octanol–water partition coefficient (Wildman–Crippen LogP) is 0.662. The van der Waals surface area contributed by atoms with Crippen LogP contribution in [0.4, 0.5) is 0 Å². The summed E-state index contributed by atoms with van der Waals surface area (Å²) in [5, 5.41) is 15.2. The van der Waals surface area contributed by atoms with Crippen molar-refractivity contribution in [3.63, 3.8) is 0 Å². The molecular formula is C7H6N2O2. The van der Waals surface area contributed by atoms with Crippen LogP contribution < -0.4 is 0 Å². The van der Waals surface area contributed by atoms with Gasteiger partial charge in [-0.2, -0.15) is 0 Å². The number of carboxylic acid groups (broad SMARTS) is 1. The van der Waals surface area contributed by atoms with Crippen molar-refractivity contribution in [3.05, 3.63) is 24.5 Å². The molecule has 11 heavy (non-hydrogen) atoms. The van der Waals surface area contributed by atoms with Gasteiger partial charge in [0.1, 0.15) is 0 Å². The molecule has 0 fully saturated rings. The van der Waals surface area contributed by atoms with Crippen molar-refractivity contribution in [2.75, 3.05) is 0 Å². The van der Waals surface area contributed by atoms with Gasteiger partial charge in [0.05, 0.1) is 0 Å². The highest BCUT2D eigenvalue weighted by atomic mass is 16.4. The first-order valence-electron chi connectivity index (χ1n) is 2.92. The van der Waals surface area contributed by atoms with E-state index in [0.717, 1.165) is 0 Å². The monoisotopic (exact) mass is 150 g/mol. The van der Waals surface area contributed by atoms with Gasteiger partial charge in [-0.15, -0.1) is 0 Å². The minimum Gasteiger partial charge on any atom is -0.476 e. The Hall–Kier alpha value is -1.80. The summed E-state index contributed by atoms with van der Waals surface area (Å²) in [5.41, 5.74) is -0.185. The first-order chi connectivity index (χ1) is 5.25. The average Bonchev–Trinajstić information content (AvgIpc) is 2.40. The van der Waals surface area contributed by atoms with Crippen molar-refractivity contribution in [2.45, 2.75) is 0 Å². The highest BCUT2D eigenvalue weighted by molar-refractivity contribution is 6.18. The quantitative estimate of drug-likeness (QED) is 0.480. The number of carbonyl (C=O) groups is 1. The molecule has 4 heteroatoms. The van der Waals surface area contributed by atoms with Gasteiger partial charge in [-0.1, -0.05) is 0 Å². The lowest BCUT2D eigenvalue weighted by molar-refractivity contribution is -0.130. The third-order valence-electron chi connectivity index (χ3n) is 1.18. The summed E-state index contributed by atoms with van der Waals surface area (Å²) < 4.78 is 1.31. The molecule has 0 aliphatic rings. The number of carboxylic acids is 1. The Kier molecular flexibility index (Phi) is 1.90. The van der Waals surface area contributed by atoms with E-state index >= 15 is 0 Å². The Morgan fingerprint density at radius 2 is 2.00 bits per heavy atom. The van der Waals surface area contributed by atoms with E-state index in [0.29, 0.717) is 0 Å². The summed E-state index contributed by atoms with van der Waals surface area (Å²) in [6.07, 6.45) is 3.09. The Morgan fingerprint density at radius 1 is 1.45 bits per heavy atom. The van der Waals surface area contributed by atoms with Crippen LogP contribution in [0.15, 0.2) is 24.5 Å². The predicted molar refractivity (Wildman–Crippen MR) is 39.5 cm³/mol. The van der Waals surface area contributed by atoms with Crippen molar-refractivity contribution >= 4 is 17.5 Å². The van der Waals surface area contributed by atoms with Gasteiger partial charge in [0.25, 0.3) is 0 Å². The molecule has 0 amide bonds. The fourth-order valence-corrected chi connectivity index (χ4v) is 0.712. The van der Waals surface area contributed by atoms with Crippen LogP contribution in [-0.4, -0.2) is 21.5 Å². The van der Waals surface area contributed by atoms with Gasteiger partial charge < -0.3 is 9.67 Å². The standard InChI is InChI=1S/C7H6N2O2/c8-5-6(7(10)11)9-3-1-2-4-9/h1-4,8H,(H,10,11). The van der Waals surface area contributed by atoms with Crippen LogP contribution in [0.1, 0.15) is 0 Å². The zero-order valence-corrected chi connectivity index (χ0v) is 5.61. The molecule has 0 unspecified atom stereocenters. The fourth-order valence-electron chi connectivity index (χ4n) is 0.712. The third-order valence-corrected chi connectivity index (χ3v) is 1.18. The molecule has 0 aliphatic carbocycles. The number of aromatic nitrogens is 1. The number of nitrogens with zero attached hydrogens (tertiary/aromatic N) is 1. The van der Waals surface area contributed by atoms with Crippen LogP contribution >= 0.6 is 0 Å². The molecule has 0 aliphatic heterocycles. The van der Waals surface area contributed by atoms with E-state index < -0.39 is 5.97 Å². The number of hydrogen-bond acceptors (Lipinski definition) is 2. The zero-order chi connectivity index (χ0) is 8.27. The first kappa shape index (κ1) is 7.31. The van der Waals surface area contributed by atoms with E-state index in [1.54, 1.807) is 24.5 Å². The number of aliphatic carboxylic acids is 1. The van der Waals surface area contributed by atoms with Crippen LogP contribution in [0.2, 0.25) is 0 Å². The second-order valence-electron chi connectivity index (χ2n) is 1.87. The maximum atomic E-state index is 10.4. The largest absolute Gasteiger partial charge is 0.476 e. The van der Waals surface area contributed by atoms with E-state index in [4.69, 9.17) is 10.5 Å². The van der Waals surface area contributed by atoms with Crippen molar-refractivity contribution in [1.29, 1.82) is 5.41 Å². The molecule has 1 aromatic rings. The lowest BCUT2D eigenvalue weighted by atomic mass is 10.5. The van der Waals surface area contributed by atoms with Gasteiger partial charge >= 0.3 is 5.97 Å². The summed E-state index contributed by atoms with van der Waals surface area (Å²) >= 11 is 0. The van der Waals surface area contributed by atoms with Crippen LogP contribution in [0.25, 0.3) is 5.70 Å². The normalized spacial score (nSPS) is 8.73. The Labute approximate surface area is 62.9 Å². The topological polar surface area (TPSA) is 66.1 Å². The minimum atomic E-state index is -1.16. The molecule has 4 nitrogen and oxygen atoms in total. The summed E-state index contributed by atoms with van der Waals surface area (Å²) in [6.45, 7) is 0. The molecule has 0 spiro atoms. The van der Waals surface area contributed by atoms with Gasteiger partial charge in [-0.05, 0) is 12.1 Å². The lowest BCUT2D eigenvalue weighted by Crippen LogP contribution is -2.05. The second kappa shape index (κ2) is 2.86. The summed E-state index contributed by atoms with van der Waals surface area (Å²) in [6, 6.07) is 3.36. The van der Waals surface area contributed by atoms with E-state index in [9.17, 15) is 4.79 Å². The SMILES string of the molecule is N=C=C(C(=O)O)n1cccc1. The molecular weight excluding hydrogens is 144 g/mol. The fraction of sp³-hybridized carbons (Fsp3) is 0. The van der Waals surface area contributed by atoms with Gasteiger partial charge in [0.15, 0.2) is 5.70 Å². The molecule has 0 saturated heterocycles.